The summed E-state index contributed by atoms with van der Waals surface area (Å²) in [5.41, 5.74) is 3.42. The van der Waals surface area contributed by atoms with Gasteiger partial charge in [-0.3, -0.25) is 19.3 Å². The quantitative estimate of drug-likeness (QED) is 0.141. The third kappa shape index (κ3) is 3.36. The number of carboxylic acid groups (broad SMARTS) is 1. The number of esters is 1. The second-order valence-corrected chi connectivity index (χ2v) is 8.48. The fraction of sp³-hybridized carbons (Fsp3) is 0.467. The minimum absolute atomic E-state index is 0. The van der Waals surface area contributed by atoms with Crippen LogP contribution in [0.3, 0.4) is 0 Å². The first kappa shape index (κ1) is 22.8. The summed E-state index contributed by atoms with van der Waals surface area (Å²) in [4.78, 5) is 58.5. The summed E-state index contributed by atoms with van der Waals surface area (Å²) in [6.07, 6.45) is -0.121. The average molecular weight is 463 g/mol. The van der Waals surface area contributed by atoms with E-state index in [1.807, 2.05) is 0 Å². The number of amides is 2. The van der Waals surface area contributed by atoms with Crippen LogP contribution in [-0.2, 0) is 28.8 Å². The number of thioether (sulfide) groups is 1. The second kappa shape index (κ2) is 8.34. The average Bonchev–Trinajstić information content (AvgIpc) is 3.25. The summed E-state index contributed by atoms with van der Waals surface area (Å²) in [6, 6.07) is -1.04. The number of carboxylic acids is 1. The molecule has 4 rings (SSSR count). The van der Waals surface area contributed by atoms with Crippen LogP contribution in [0.4, 0.5) is 5.13 Å². The first-order chi connectivity index (χ1) is 13.8. The van der Waals surface area contributed by atoms with Crippen molar-refractivity contribution in [3.63, 3.8) is 0 Å². The third-order valence-electron chi connectivity index (χ3n) is 4.85. The van der Waals surface area contributed by atoms with Crippen LogP contribution in [0.25, 0.3) is 0 Å². The van der Waals surface area contributed by atoms with E-state index < -0.39 is 46.8 Å². The predicted octanol–water partition coefficient (Wildman–Crippen LogP) is -5.51. The number of aromatic nitrogens is 1. The number of thiazole rings is 1. The number of oxime groups is 1. The van der Waals surface area contributed by atoms with Crippen molar-refractivity contribution in [2.24, 2.45) is 11.1 Å². The van der Waals surface area contributed by atoms with Crippen LogP contribution in [0.1, 0.15) is 12.1 Å². The molecule has 0 aromatic carbocycles. The van der Waals surface area contributed by atoms with Crippen molar-refractivity contribution < 1.29 is 63.4 Å². The van der Waals surface area contributed by atoms with Gasteiger partial charge in [0.2, 0.25) is 5.72 Å². The zero-order valence-electron chi connectivity index (χ0n) is 15.8. The van der Waals surface area contributed by atoms with Gasteiger partial charge in [-0.1, -0.05) is 5.16 Å². The fourth-order valence-electron chi connectivity index (χ4n) is 3.60. The molecular formula is C15H14N5NaO7S2. The van der Waals surface area contributed by atoms with Gasteiger partial charge in [0.05, 0.1) is 6.42 Å². The van der Waals surface area contributed by atoms with Crippen molar-refractivity contribution in [3.05, 3.63) is 11.1 Å². The van der Waals surface area contributed by atoms with Gasteiger partial charge in [0, 0.05) is 17.1 Å². The third-order valence-corrected chi connectivity index (χ3v) is 6.94. The molecule has 3 aliphatic heterocycles. The monoisotopic (exact) mass is 463 g/mol. The van der Waals surface area contributed by atoms with Crippen molar-refractivity contribution in [2.75, 3.05) is 18.6 Å². The summed E-state index contributed by atoms with van der Waals surface area (Å²) in [6.45, 7) is 0. The minimum atomic E-state index is -2.14. The first-order valence-corrected chi connectivity index (χ1v) is 10.2. The van der Waals surface area contributed by atoms with Gasteiger partial charge < -0.3 is 30.5 Å². The Labute approximate surface area is 199 Å². The van der Waals surface area contributed by atoms with Crippen LogP contribution >= 0.6 is 23.1 Å². The maximum absolute atomic E-state index is 12.7. The van der Waals surface area contributed by atoms with Crippen LogP contribution in [0, 0.1) is 5.92 Å². The number of ether oxygens (including phenoxy) is 1. The van der Waals surface area contributed by atoms with Crippen LogP contribution in [0.5, 0.6) is 0 Å². The molecule has 0 spiro atoms. The molecule has 1 aromatic rings. The van der Waals surface area contributed by atoms with Crippen molar-refractivity contribution in [3.8, 4) is 0 Å². The number of β-lactam (4-membered cyclic amide) rings is 1. The number of nitrogens with one attached hydrogen (secondary N) is 1. The summed E-state index contributed by atoms with van der Waals surface area (Å²) >= 11 is 2.35. The molecule has 12 nitrogen and oxygen atoms in total. The number of aliphatic carboxylic acids is 1. The number of nitrogens with zero attached hydrogens (tertiary/aromatic N) is 3. The van der Waals surface area contributed by atoms with E-state index in [0.717, 1.165) is 16.2 Å². The van der Waals surface area contributed by atoms with Gasteiger partial charge in [0.25, 0.3) is 11.8 Å². The number of carbonyl (C=O) groups excluding carboxylic acids is 4. The Morgan fingerprint density at radius 3 is 2.83 bits per heavy atom. The number of nitrogens with two attached hydrogens (primary N) is 1. The molecule has 4 atom stereocenters. The van der Waals surface area contributed by atoms with Gasteiger partial charge in [0.1, 0.15) is 30.2 Å². The molecule has 0 aliphatic carbocycles. The van der Waals surface area contributed by atoms with Crippen molar-refractivity contribution >= 4 is 57.7 Å². The number of hydrogen-bond donors (Lipinski definition) is 2. The van der Waals surface area contributed by atoms with Gasteiger partial charge in [0.15, 0.2) is 10.8 Å². The van der Waals surface area contributed by atoms with Gasteiger partial charge in [-0.05, 0) is 0 Å². The Hall–Kier alpha value is -1.87. The molecule has 30 heavy (non-hydrogen) atoms. The number of carbonyl (C=O) groups is 4. The van der Waals surface area contributed by atoms with E-state index in [1.165, 1.54) is 24.3 Å². The normalized spacial score (nSPS) is 29.7. The SMILES string of the molecule is CO/N=C(\C(=O)N[C@@H]1C(=O)N2[C@@H]1SC[C@H]1CC(=O)O[C@@]12C(=O)[O-])c1csc(N)n1.[Na+]. The Morgan fingerprint density at radius 2 is 2.23 bits per heavy atom. The van der Waals surface area contributed by atoms with Crippen molar-refractivity contribution in [2.45, 2.75) is 23.6 Å². The largest absolute Gasteiger partial charge is 1.00 e. The molecule has 15 heteroatoms. The molecule has 2 amide bonds. The molecular weight excluding hydrogens is 449 g/mol. The number of anilines is 1. The van der Waals surface area contributed by atoms with Gasteiger partial charge >= 0.3 is 35.5 Å². The molecule has 0 saturated carbocycles. The molecule has 3 fully saturated rings. The van der Waals surface area contributed by atoms with E-state index in [0.29, 0.717) is 0 Å². The van der Waals surface area contributed by atoms with Gasteiger partial charge in [-0.25, -0.2) is 4.98 Å². The second-order valence-electron chi connectivity index (χ2n) is 6.44. The summed E-state index contributed by atoms with van der Waals surface area (Å²) in [5, 5.41) is 19.0. The number of hydrogen-bond acceptors (Lipinski definition) is 12. The number of nitrogen functional groups attached to an aromatic ring is 1. The van der Waals surface area contributed by atoms with E-state index in [4.69, 9.17) is 10.5 Å². The molecule has 0 radical (unpaired) electrons. The van der Waals surface area contributed by atoms with Gasteiger partial charge in [-0.15, -0.1) is 23.1 Å². The van der Waals surface area contributed by atoms with E-state index >= 15 is 0 Å². The van der Waals surface area contributed by atoms with Crippen LogP contribution in [-0.4, -0.2) is 69.4 Å². The van der Waals surface area contributed by atoms with E-state index in [9.17, 15) is 24.3 Å². The Kier molecular flexibility index (Phi) is 6.34. The Morgan fingerprint density at radius 1 is 1.50 bits per heavy atom. The maximum Gasteiger partial charge on any atom is 1.00 e. The molecule has 0 unspecified atom stereocenters. The topological polar surface area (TPSA) is 176 Å². The van der Waals surface area contributed by atoms with E-state index in [2.05, 4.69) is 20.3 Å². The Bertz CT molecular complexity index is 956. The van der Waals surface area contributed by atoms with Gasteiger partial charge in [-0.2, -0.15) is 0 Å². The van der Waals surface area contributed by atoms with Crippen LogP contribution in [0.2, 0.25) is 0 Å². The molecule has 154 valence electrons. The fourth-order valence-corrected chi connectivity index (χ4v) is 5.71. The minimum Gasteiger partial charge on any atom is -0.544 e. The molecule has 3 aliphatic rings. The zero-order valence-corrected chi connectivity index (χ0v) is 19.4. The summed E-state index contributed by atoms with van der Waals surface area (Å²) in [7, 11) is 1.24. The van der Waals surface area contributed by atoms with E-state index in [-0.39, 0.29) is 58.3 Å². The summed E-state index contributed by atoms with van der Waals surface area (Å²) in [5.74, 6) is -4.28. The van der Waals surface area contributed by atoms with Crippen molar-refractivity contribution in [1.82, 2.24) is 15.2 Å². The van der Waals surface area contributed by atoms with Crippen LogP contribution in [0.15, 0.2) is 10.5 Å². The number of rotatable bonds is 5. The number of fused-ring (bicyclic) bond motifs is 3. The zero-order chi connectivity index (χ0) is 20.9. The summed E-state index contributed by atoms with van der Waals surface area (Å²) < 4.78 is 5.04. The smallest absolute Gasteiger partial charge is 0.544 e. The standard InChI is InChI=1S/C15H15N5O7S2.Na/c1-26-19-8(6-4-29-14(16)17-6)10(22)18-9-11(23)20-12(9)28-3-5-2-7(21)27-15(5,20)13(24)25;/h4-5,9,12H,2-3H2,1H3,(H2,16,17)(H,18,22)(H,24,25);/q;+1/p-1/b19-8-;/t5-,9-,12-,15-;/m1./s1. The van der Waals surface area contributed by atoms with E-state index in [1.54, 1.807) is 0 Å². The molecule has 0 bridgehead atoms. The van der Waals surface area contributed by atoms with Crippen molar-refractivity contribution in [1.29, 1.82) is 0 Å². The molecule has 3 N–H and O–H groups in total. The molecule has 3 saturated heterocycles. The first-order valence-electron chi connectivity index (χ1n) is 8.31. The predicted molar refractivity (Wildman–Crippen MR) is 97.0 cm³/mol. The van der Waals surface area contributed by atoms with Crippen LogP contribution < -0.4 is 45.7 Å². The molecule has 1 aromatic heterocycles. The molecule has 4 heterocycles. The maximum atomic E-state index is 12.7. The Balaban J connectivity index is 0.00000256.